The molecule has 2 aliphatic rings. The van der Waals surface area contributed by atoms with Crippen molar-refractivity contribution in [3.8, 4) is 0 Å². The number of ether oxygens (including phenoxy) is 2. The molecular weight excluding hydrogens is 296 g/mol. The fourth-order valence-electron chi connectivity index (χ4n) is 4.09. The Labute approximate surface area is 138 Å². The lowest BCUT2D eigenvalue weighted by Gasteiger charge is -2.39. The quantitative estimate of drug-likeness (QED) is 0.864. The predicted molar refractivity (Wildman–Crippen MR) is 87.1 cm³/mol. The van der Waals surface area contributed by atoms with Crippen molar-refractivity contribution < 1.29 is 19.1 Å². The maximum Gasteiger partial charge on any atom is 0.407 e. The van der Waals surface area contributed by atoms with Crippen molar-refractivity contribution in [1.82, 2.24) is 10.2 Å². The number of hydrogen-bond donors (Lipinski definition) is 1. The Morgan fingerprint density at radius 1 is 1.09 bits per heavy atom. The van der Waals surface area contributed by atoms with Crippen LogP contribution in [0, 0.1) is 5.92 Å². The molecule has 0 saturated carbocycles. The molecule has 6 heteroatoms. The second-order valence-electron chi connectivity index (χ2n) is 7.12. The zero-order valence-corrected chi connectivity index (χ0v) is 14.9. The van der Waals surface area contributed by atoms with E-state index in [0.717, 1.165) is 25.7 Å². The molecule has 23 heavy (non-hydrogen) atoms. The number of carbonyl (C=O) groups excluding carboxylic acids is 2. The van der Waals surface area contributed by atoms with Crippen LogP contribution < -0.4 is 5.32 Å². The SMILES string of the molecule is COC(=O)N[C@H](C(=O)N1[C@H](C)CC[C@@H]1C)C1C[C@@H](C)O[C@H](C)C1. The van der Waals surface area contributed by atoms with Gasteiger partial charge in [0.05, 0.1) is 19.3 Å². The van der Waals surface area contributed by atoms with Crippen LogP contribution in [-0.2, 0) is 14.3 Å². The van der Waals surface area contributed by atoms with Crippen LogP contribution in [0.4, 0.5) is 4.79 Å². The molecule has 132 valence electrons. The third-order valence-electron chi connectivity index (χ3n) is 5.14. The summed E-state index contributed by atoms with van der Waals surface area (Å²) in [5.41, 5.74) is 0. The third kappa shape index (κ3) is 4.16. The van der Waals surface area contributed by atoms with Crippen molar-refractivity contribution in [2.45, 2.75) is 83.7 Å². The summed E-state index contributed by atoms with van der Waals surface area (Å²) >= 11 is 0. The summed E-state index contributed by atoms with van der Waals surface area (Å²) in [7, 11) is 1.33. The largest absolute Gasteiger partial charge is 0.453 e. The van der Waals surface area contributed by atoms with Gasteiger partial charge in [-0.25, -0.2) is 4.79 Å². The lowest BCUT2D eigenvalue weighted by atomic mass is 9.85. The first-order chi connectivity index (χ1) is 10.8. The maximum atomic E-state index is 13.1. The number of amides is 2. The Morgan fingerprint density at radius 2 is 1.61 bits per heavy atom. The van der Waals surface area contributed by atoms with E-state index in [1.807, 2.05) is 18.7 Å². The highest BCUT2D eigenvalue weighted by molar-refractivity contribution is 5.86. The van der Waals surface area contributed by atoms with Crippen LogP contribution in [0.2, 0.25) is 0 Å². The minimum atomic E-state index is -0.547. The molecule has 0 aromatic heterocycles. The number of rotatable bonds is 3. The summed E-state index contributed by atoms with van der Waals surface area (Å²) < 4.78 is 10.5. The number of nitrogens with one attached hydrogen (secondary N) is 1. The maximum absolute atomic E-state index is 13.1. The monoisotopic (exact) mass is 326 g/mol. The molecule has 5 atom stereocenters. The molecule has 2 fully saturated rings. The predicted octanol–water partition coefficient (Wildman–Crippen LogP) is 2.31. The Kier molecular flexibility index (Phi) is 5.89. The second-order valence-corrected chi connectivity index (χ2v) is 7.12. The highest BCUT2D eigenvalue weighted by atomic mass is 16.5. The van der Waals surface area contributed by atoms with E-state index in [2.05, 4.69) is 19.2 Å². The molecule has 0 unspecified atom stereocenters. The number of nitrogens with zero attached hydrogens (tertiary/aromatic N) is 1. The molecule has 0 aromatic carbocycles. The van der Waals surface area contributed by atoms with Gasteiger partial charge in [-0.05, 0) is 59.3 Å². The summed E-state index contributed by atoms with van der Waals surface area (Å²) in [5.74, 6) is 0.0829. The smallest absolute Gasteiger partial charge is 0.407 e. The molecule has 2 amide bonds. The molecule has 2 rings (SSSR count). The number of alkyl carbamates (subject to hydrolysis) is 1. The Morgan fingerprint density at radius 3 is 2.09 bits per heavy atom. The zero-order chi connectivity index (χ0) is 17.1. The highest BCUT2D eigenvalue weighted by Gasteiger charge is 2.41. The van der Waals surface area contributed by atoms with Gasteiger partial charge in [0.2, 0.25) is 5.91 Å². The van der Waals surface area contributed by atoms with Gasteiger partial charge in [-0.1, -0.05) is 0 Å². The van der Waals surface area contributed by atoms with Crippen molar-refractivity contribution in [2.24, 2.45) is 5.92 Å². The molecule has 0 spiro atoms. The normalized spacial score (nSPS) is 35.7. The fraction of sp³-hybridized carbons (Fsp3) is 0.882. The molecule has 0 aliphatic carbocycles. The number of carbonyl (C=O) groups is 2. The van der Waals surface area contributed by atoms with Crippen LogP contribution >= 0.6 is 0 Å². The van der Waals surface area contributed by atoms with E-state index in [1.165, 1.54) is 7.11 Å². The van der Waals surface area contributed by atoms with Gasteiger partial charge in [0.25, 0.3) is 0 Å². The van der Waals surface area contributed by atoms with E-state index in [9.17, 15) is 9.59 Å². The zero-order valence-electron chi connectivity index (χ0n) is 14.9. The van der Waals surface area contributed by atoms with Crippen molar-refractivity contribution in [3.05, 3.63) is 0 Å². The van der Waals surface area contributed by atoms with Gasteiger partial charge in [-0.2, -0.15) is 0 Å². The van der Waals surface area contributed by atoms with Crippen molar-refractivity contribution in [2.75, 3.05) is 7.11 Å². The van der Waals surface area contributed by atoms with Crippen LogP contribution in [0.3, 0.4) is 0 Å². The van der Waals surface area contributed by atoms with Crippen LogP contribution in [0.5, 0.6) is 0 Å². The molecule has 1 N–H and O–H groups in total. The van der Waals surface area contributed by atoms with E-state index in [-0.39, 0.29) is 36.1 Å². The van der Waals surface area contributed by atoms with E-state index >= 15 is 0 Å². The topological polar surface area (TPSA) is 67.9 Å². The summed E-state index contributed by atoms with van der Waals surface area (Å²) in [6.07, 6.45) is 3.19. The molecule has 6 nitrogen and oxygen atoms in total. The second kappa shape index (κ2) is 7.51. The lowest BCUT2D eigenvalue weighted by molar-refractivity contribution is -0.139. The Bertz CT molecular complexity index is 422. The van der Waals surface area contributed by atoms with Gasteiger partial charge in [0.1, 0.15) is 6.04 Å². The molecule has 2 heterocycles. The van der Waals surface area contributed by atoms with Crippen molar-refractivity contribution in [1.29, 1.82) is 0 Å². The first-order valence-corrected chi connectivity index (χ1v) is 8.65. The first-order valence-electron chi connectivity index (χ1n) is 8.65. The minimum Gasteiger partial charge on any atom is -0.453 e. The Hall–Kier alpha value is -1.30. The van der Waals surface area contributed by atoms with Crippen LogP contribution in [0.1, 0.15) is 53.4 Å². The minimum absolute atomic E-state index is 0.0131. The summed E-state index contributed by atoms with van der Waals surface area (Å²) in [5, 5.41) is 2.79. The summed E-state index contributed by atoms with van der Waals surface area (Å²) in [6.45, 7) is 8.19. The third-order valence-corrected chi connectivity index (χ3v) is 5.14. The summed E-state index contributed by atoms with van der Waals surface area (Å²) in [4.78, 5) is 26.9. The molecular formula is C17H30N2O4. The fourth-order valence-corrected chi connectivity index (χ4v) is 4.09. The Balaban J connectivity index is 2.19. The molecule has 0 bridgehead atoms. The lowest BCUT2D eigenvalue weighted by Crippen LogP contribution is -2.56. The van der Waals surface area contributed by atoms with Gasteiger partial charge in [-0.15, -0.1) is 0 Å². The van der Waals surface area contributed by atoms with Gasteiger partial charge in [0, 0.05) is 12.1 Å². The molecule has 2 saturated heterocycles. The number of likely N-dealkylation sites (tertiary alicyclic amines) is 1. The van der Waals surface area contributed by atoms with Crippen molar-refractivity contribution >= 4 is 12.0 Å². The highest BCUT2D eigenvalue weighted by Crippen LogP contribution is 2.31. The summed E-state index contributed by atoms with van der Waals surface area (Å²) in [6, 6.07) is -0.109. The van der Waals surface area contributed by atoms with Gasteiger partial charge >= 0.3 is 6.09 Å². The average Bonchev–Trinajstić information content (AvgIpc) is 2.81. The van der Waals surface area contributed by atoms with Gasteiger partial charge in [-0.3, -0.25) is 4.79 Å². The van der Waals surface area contributed by atoms with Crippen LogP contribution in [0.15, 0.2) is 0 Å². The number of hydrogen-bond acceptors (Lipinski definition) is 4. The van der Waals surface area contributed by atoms with Gasteiger partial charge in [0.15, 0.2) is 0 Å². The van der Waals surface area contributed by atoms with E-state index in [0.29, 0.717) is 0 Å². The molecule has 0 aromatic rings. The number of methoxy groups -OCH3 is 1. The van der Waals surface area contributed by atoms with Crippen molar-refractivity contribution in [3.63, 3.8) is 0 Å². The van der Waals surface area contributed by atoms with E-state index in [1.54, 1.807) is 0 Å². The average molecular weight is 326 g/mol. The standard InChI is InChI=1S/C17H30N2O4/c1-10-6-7-11(2)19(10)16(20)15(18-17(21)22-5)14-8-12(3)23-13(4)9-14/h10-15H,6-9H2,1-5H3,(H,18,21)/t10-,11+,12-,13-,15+/m1/s1. The molecule has 0 radical (unpaired) electrons. The first kappa shape index (κ1) is 18.0. The van der Waals surface area contributed by atoms with E-state index in [4.69, 9.17) is 9.47 Å². The van der Waals surface area contributed by atoms with Crippen LogP contribution in [-0.4, -0.2) is 54.3 Å². The molecule has 2 aliphatic heterocycles. The van der Waals surface area contributed by atoms with E-state index < -0.39 is 12.1 Å². The van der Waals surface area contributed by atoms with Gasteiger partial charge < -0.3 is 19.7 Å². The van der Waals surface area contributed by atoms with Crippen LogP contribution in [0.25, 0.3) is 0 Å².